The van der Waals surface area contributed by atoms with Gasteiger partial charge >= 0.3 is 12.1 Å². The average Bonchev–Trinajstić information content (AvgIpc) is 3.91. The molecule has 1 fully saturated rings. The minimum atomic E-state index is -1.22. The zero-order valence-corrected chi connectivity index (χ0v) is 38.1. The Kier molecular flexibility index (Phi) is 16.2. The van der Waals surface area contributed by atoms with Crippen LogP contribution in [0.2, 0.25) is 0 Å². The van der Waals surface area contributed by atoms with E-state index in [0.29, 0.717) is 26.1 Å². The van der Waals surface area contributed by atoms with Crippen molar-refractivity contribution in [3.8, 4) is 21.8 Å². The molecule has 15 nitrogen and oxygen atoms in total. The summed E-state index contributed by atoms with van der Waals surface area (Å²) < 4.78 is 4.84. The molecule has 0 unspecified atom stereocenters. The van der Waals surface area contributed by atoms with Crippen molar-refractivity contribution >= 4 is 35.3 Å². The molecule has 3 aromatic heterocycles. The number of rotatable bonds is 19. The minimum absolute atomic E-state index is 0.111. The molecule has 4 N–H and O–H groups in total. The number of urea groups is 1. The number of nitrogens with zero attached hydrogens (tertiary/aromatic N) is 6. The Morgan fingerprint density at radius 3 is 2.31 bits per heavy atom. The normalized spacial score (nSPS) is 15.3. The maximum atomic E-state index is 14.6. The highest BCUT2D eigenvalue weighted by molar-refractivity contribution is 7.13. The molecule has 1 aliphatic heterocycles. The molecule has 4 heterocycles. The number of aromatic nitrogens is 3. The van der Waals surface area contributed by atoms with E-state index >= 15 is 0 Å². The van der Waals surface area contributed by atoms with Crippen LogP contribution in [0.15, 0.2) is 109 Å². The van der Waals surface area contributed by atoms with Gasteiger partial charge in [0.2, 0.25) is 5.91 Å². The van der Waals surface area contributed by atoms with Crippen molar-refractivity contribution in [3.63, 3.8) is 0 Å². The molecule has 338 valence electrons. The van der Waals surface area contributed by atoms with Gasteiger partial charge in [-0.2, -0.15) is 0 Å². The Bertz CT molecular complexity index is 2290. The molecule has 6 rings (SSSR count). The number of alkyl carbamates (subject to hydrolysis) is 1. The van der Waals surface area contributed by atoms with Gasteiger partial charge < -0.3 is 30.3 Å². The third-order valence-corrected chi connectivity index (χ3v) is 12.3. The summed E-state index contributed by atoms with van der Waals surface area (Å²) >= 11 is 1.49. The fraction of sp³-hybridized carbons (Fsp3) is 0.396. The first-order chi connectivity index (χ1) is 30.7. The Morgan fingerprint density at radius 2 is 1.66 bits per heavy atom. The second kappa shape index (κ2) is 21.9. The number of aliphatic hydroxyl groups excluding tert-OH is 1. The lowest BCUT2D eigenvalue weighted by Gasteiger charge is -2.36. The van der Waals surface area contributed by atoms with Crippen molar-refractivity contribution < 1.29 is 29.0 Å². The van der Waals surface area contributed by atoms with Crippen LogP contribution in [-0.2, 0) is 33.8 Å². The van der Waals surface area contributed by atoms with E-state index in [1.165, 1.54) is 18.4 Å². The minimum Gasteiger partial charge on any atom is -0.453 e. The van der Waals surface area contributed by atoms with Crippen LogP contribution in [0.4, 0.5) is 9.59 Å². The van der Waals surface area contributed by atoms with Gasteiger partial charge in [-0.3, -0.25) is 25.0 Å². The fourth-order valence-corrected chi connectivity index (χ4v) is 8.46. The van der Waals surface area contributed by atoms with E-state index in [0.717, 1.165) is 38.6 Å². The number of methoxy groups -OCH3 is 1. The van der Waals surface area contributed by atoms with Crippen molar-refractivity contribution in [3.05, 3.63) is 126 Å². The first-order valence-corrected chi connectivity index (χ1v) is 22.4. The zero-order chi connectivity index (χ0) is 45.8. The van der Waals surface area contributed by atoms with Crippen LogP contribution < -0.4 is 16.1 Å². The summed E-state index contributed by atoms with van der Waals surface area (Å²) in [7, 11) is 1.23. The number of thiazole rings is 1. The smallest absolute Gasteiger partial charge is 0.407 e. The number of pyridine rings is 2. The van der Waals surface area contributed by atoms with Gasteiger partial charge in [0.25, 0.3) is 5.91 Å². The topological polar surface area (TPSA) is 182 Å². The molecule has 64 heavy (non-hydrogen) atoms. The SMILES string of the molecule is CC[C@H](C)[C@@H](C(=O)N[C@@H](Cc1ccccc1)[C@@H](O)CN(Cc1ccc(-c2ccccn2)cc1)NC(=O)[C@@H](NC(=O)OC)C(C)(C)C)N1CCN(Cc2csc(-c3cccnc3)n2)C1=O. The molecule has 16 heteroatoms. The number of nitrogens with one attached hydrogen (secondary N) is 3. The van der Waals surface area contributed by atoms with Crippen LogP contribution in [0, 0.1) is 11.3 Å². The van der Waals surface area contributed by atoms with Gasteiger partial charge in [0.15, 0.2) is 0 Å². The lowest BCUT2D eigenvalue weighted by molar-refractivity contribution is -0.132. The third-order valence-electron chi connectivity index (χ3n) is 11.4. The van der Waals surface area contributed by atoms with E-state index in [-0.39, 0.29) is 37.4 Å². The number of hydrogen-bond donors (Lipinski definition) is 4. The number of hydrogen-bond acceptors (Lipinski definition) is 11. The molecule has 5 atom stereocenters. The van der Waals surface area contributed by atoms with Crippen molar-refractivity contribution in [1.82, 2.24) is 45.8 Å². The van der Waals surface area contributed by atoms with Gasteiger partial charge in [0.1, 0.15) is 17.1 Å². The van der Waals surface area contributed by atoms with E-state index < -0.39 is 41.6 Å². The molecule has 5 aromatic rings. The summed E-state index contributed by atoms with van der Waals surface area (Å²) in [4.78, 5) is 71.9. The van der Waals surface area contributed by atoms with E-state index in [2.05, 4.69) is 26.0 Å². The molecular formula is C48H59N9O6S. The number of aliphatic hydroxyl groups is 1. The van der Waals surface area contributed by atoms with Gasteiger partial charge in [0, 0.05) is 61.3 Å². The predicted octanol–water partition coefficient (Wildman–Crippen LogP) is 6.31. The predicted molar refractivity (Wildman–Crippen MR) is 246 cm³/mol. The Hall–Kier alpha value is -6.23. The summed E-state index contributed by atoms with van der Waals surface area (Å²) in [5.74, 6) is -1.11. The Balaban J connectivity index is 1.23. The van der Waals surface area contributed by atoms with E-state index in [4.69, 9.17) is 9.72 Å². The van der Waals surface area contributed by atoms with Crippen LogP contribution in [0.1, 0.15) is 57.9 Å². The number of benzene rings is 2. The Morgan fingerprint density at radius 1 is 0.906 bits per heavy atom. The highest BCUT2D eigenvalue weighted by Crippen LogP contribution is 2.27. The number of amides is 5. The molecule has 1 aliphatic rings. The molecule has 1 saturated heterocycles. The Labute approximate surface area is 379 Å². The van der Waals surface area contributed by atoms with Crippen LogP contribution in [0.5, 0.6) is 0 Å². The first-order valence-electron chi connectivity index (χ1n) is 21.6. The highest BCUT2D eigenvalue weighted by Gasteiger charge is 2.41. The molecule has 0 radical (unpaired) electrons. The fourth-order valence-electron chi connectivity index (χ4n) is 7.66. The number of carbonyl (C=O) groups is 4. The van der Waals surface area contributed by atoms with Gasteiger partial charge in [-0.05, 0) is 53.1 Å². The van der Waals surface area contributed by atoms with Crippen molar-refractivity contribution in [2.45, 2.75) is 84.8 Å². The maximum Gasteiger partial charge on any atom is 0.407 e. The lowest BCUT2D eigenvalue weighted by Crippen LogP contribution is -2.60. The highest BCUT2D eigenvalue weighted by atomic mass is 32.1. The van der Waals surface area contributed by atoms with Gasteiger partial charge in [-0.1, -0.05) is 102 Å². The number of hydrazine groups is 1. The van der Waals surface area contributed by atoms with E-state index in [9.17, 15) is 24.3 Å². The second-order valence-corrected chi connectivity index (χ2v) is 18.0. The van der Waals surface area contributed by atoms with Gasteiger partial charge in [0.05, 0.1) is 37.2 Å². The molecule has 5 amide bonds. The summed E-state index contributed by atoms with van der Waals surface area (Å²) in [6.07, 6.45) is 4.11. The zero-order valence-electron chi connectivity index (χ0n) is 37.3. The van der Waals surface area contributed by atoms with Crippen LogP contribution >= 0.6 is 11.3 Å². The van der Waals surface area contributed by atoms with Crippen molar-refractivity contribution in [2.24, 2.45) is 11.3 Å². The second-order valence-electron chi connectivity index (χ2n) is 17.2. The summed E-state index contributed by atoms with van der Waals surface area (Å²) in [6, 6.07) is 23.8. The monoisotopic (exact) mass is 889 g/mol. The molecule has 2 aromatic carbocycles. The van der Waals surface area contributed by atoms with Crippen LogP contribution in [0.25, 0.3) is 21.8 Å². The van der Waals surface area contributed by atoms with Gasteiger partial charge in [-0.25, -0.2) is 19.6 Å². The van der Waals surface area contributed by atoms with E-state index in [1.807, 2.05) is 125 Å². The van der Waals surface area contributed by atoms with E-state index in [1.54, 1.807) is 33.4 Å². The molecular weight excluding hydrogens is 831 g/mol. The maximum absolute atomic E-state index is 14.6. The van der Waals surface area contributed by atoms with Crippen molar-refractivity contribution in [2.75, 3.05) is 26.7 Å². The largest absolute Gasteiger partial charge is 0.453 e. The van der Waals surface area contributed by atoms with Crippen LogP contribution in [-0.4, -0.2) is 110 Å². The van der Waals surface area contributed by atoms with Crippen LogP contribution in [0.3, 0.4) is 0 Å². The van der Waals surface area contributed by atoms with Gasteiger partial charge in [-0.15, -0.1) is 11.3 Å². The van der Waals surface area contributed by atoms with Crippen molar-refractivity contribution in [1.29, 1.82) is 0 Å². The summed E-state index contributed by atoms with van der Waals surface area (Å²) in [6.45, 7) is 10.5. The lowest BCUT2D eigenvalue weighted by atomic mass is 9.86. The first kappa shape index (κ1) is 47.3. The quantitative estimate of drug-likeness (QED) is 0.0686. The summed E-state index contributed by atoms with van der Waals surface area (Å²) in [5.41, 5.74) is 7.32. The molecule has 0 spiro atoms. The molecule has 0 saturated carbocycles. The standard InChI is InChI=1S/C48H59N9O6S/c1-7-32(2)41(57-25-24-55(47(57)62)29-37-31-64-45(51-37)36-16-13-22-49-27-36)43(59)52-39(26-33-14-9-8-10-15-33)40(58)30-56(54-44(60)42(48(3,4)5)53-46(61)63-6)28-34-18-20-35(21-19-34)38-17-11-12-23-50-38/h8-23,27,31-32,39-42,58H,7,24-26,28-30H2,1-6H3,(H,52,59)(H,53,61)(H,54,60)/t32-,39-,40-,41-,42+/m0/s1. The summed E-state index contributed by atoms with van der Waals surface area (Å²) in [5, 5.41) is 22.4. The third kappa shape index (κ3) is 12.5. The molecule has 0 bridgehead atoms. The number of carbonyl (C=O) groups excluding carboxylic acids is 4. The molecule has 0 aliphatic carbocycles. The number of ether oxygens (including phenoxy) is 1. The average molecular weight is 890 g/mol.